The van der Waals surface area contributed by atoms with E-state index in [4.69, 9.17) is 0 Å². The van der Waals surface area contributed by atoms with E-state index in [9.17, 15) is 8.78 Å². The van der Waals surface area contributed by atoms with Gasteiger partial charge in [-0.1, -0.05) is 30.3 Å². The summed E-state index contributed by atoms with van der Waals surface area (Å²) in [5.74, 6) is 0. The largest absolute Gasteiger partial charge is 0.284 e. The predicted molar refractivity (Wildman–Crippen MR) is 44.5 cm³/mol. The molecule has 0 unspecified atom stereocenters. The maximum atomic E-state index is 11.9. The second-order valence-corrected chi connectivity index (χ2v) is 2.73. The molecule has 0 aliphatic rings. The molecule has 1 rings (SSSR count). The lowest BCUT2D eigenvalue weighted by Gasteiger charge is -1.95. The van der Waals surface area contributed by atoms with Crippen LogP contribution in [0, 0.1) is 0 Å². The minimum absolute atomic E-state index is 0.141. The van der Waals surface area contributed by atoms with Gasteiger partial charge >= 0.3 is 0 Å². The molecule has 0 spiro atoms. The Kier molecular flexibility index (Phi) is 2.76. The normalized spacial score (nSPS) is 9.36. The molecule has 0 fully saturated rings. The molecule has 0 aromatic heterocycles. The van der Waals surface area contributed by atoms with Crippen LogP contribution < -0.4 is 0 Å². The van der Waals surface area contributed by atoms with Gasteiger partial charge in [0.1, 0.15) is 0 Å². The molecule has 0 aliphatic heterocycles. The minimum atomic E-state index is -1.70. The van der Waals surface area contributed by atoms with Crippen LogP contribution in [0.2, 0.25) is 0 Å². The second-order valence-electron chi connectivity index (χ2n) is 1.94. The number of hydrogen-bond acceptors (Lipinski definition) is 0. The average molecular weight is 219 g/mol. The van der Waals surface area contributed by atoms with Gasteiger partial charge in [-0.25, -0.2) is 0 Å². The SMILES string of the molecule is FC(F)=C(Br)c1ccccc1. The molecular weight excluding hydrogens is 214 g/mol. The van der Waals surface area contributed by atoms with Crippen LogP contribution in [0.1, 0.15) is 5.56 Å². The molecule has 0 saturated heterocycles. The van der Waals surface area contributed by atoms with Crippen molar-refractivity contribution in [2.24, 2.45) is 0 Å². The molecule has 11 heavy (non-hydrogen) atoms. The molecule has 0 nitrogen and oxygen atoms in total. The third kappa shape index (κ3) is 2.12. The zero-order valence-electron chi connectivity index (χ0n) is 5.52. The molecule has 0 N–H and O–H groups in total. The van der Waals surface area contributed by atoms with E-state index in [0.717, 1.165) is 0 Å². The van der Waals surface area contributed by atoms with Crippen molar-refractivity contribution in [2.45, 2.75) is 0 Å². The third-order valence-electron chi connectivity index (χ3n) is 1.19. The lowest BCUT2D eigenvalue weighted by atomic mass is 10.2. The predicted octanol–water partition coefficient (Wildman–Crippen LogP) is 3.65. The van der Waals surface area contributed by atoms with Crippen molar-refractivity contribution in [2.75, 3.05) is 0 Å². The van der Waals surface area contributed by atoms with Crippen molar-refractivity contribution in [3.8, 4) is 0 Å². The monoisotopic (exact) mass is 218 g/mol. The molecule has 0 atom stereocenters. The Morgan fingerprint density at radius 2 is 1.64 bits per heavy atom. The molecule has 0 radical (unpaired) electrons. The van der Waals surface area contributed by atoms with E-state index < -0.39 is 6.08 Å². The first-order valence-electron chi connectivity index (χ1n) is 2.98. The summed E-state index contributed by atoms with van der Waals surface area (Å²) < 4.78 is 23.8. The molecule has 0 heterocycles. The average Bonchev–Trinajstić information content (AvgIpc) is 2.05. The lowest BCUT2D eigenvalue weighted by Crippen LogP contribution is -1.75. The Morgan fingerprint density at radius 1 is 1.09 bits per heavy atom. The standard InChI is InChI=1S/C8H5BrF2/c9-7(8(10)11)6-4-2-1-3-5-6/h1-5H. The summed E-state index contributed by atoms with van der Waals surface area (Å²) in [7, 11) is 0. The van der Waals surface area contributed by atoms with Crippen molar-refractivity contribution >= 4 is 20.4 Å². The van der Waals surface area contributed by atoms with E-state index in [1.165, 1.54) is 0 Å². The van der Waals surface area contributed by atoms with Crippen molar-refractivity contribution in [3.63, 3.8) is 0 Å². The van der Waals surface area contributed by atoms with E-state index in [0.29, 0.717) is 5.56 Å². The fourth-order valence-electron chi connectivity index (χ4n) is 0.694. The van der Waals surface area contributed by atoms with Crippen LogP contribution in [0.3, 0.4) is 0 Å². The maximum Gasteiger partial charge on any atom is 0.284 e. The smallest absolute Gasteiger partial charge is 0.172 e. The van der Waals surface area contributed by atoms with Gasteiger partial charge in [-0.05, 0) is 21.5 Å². The molecule has 0 amide bonds. The molecule has 0 bridgehead atoms. The summed E-state index contributed by atoms with van der Waals surface area (Å²) in [4.78, 5) is 0. The van der Waals surface area contributed by atoms with Gasteiger partial charge in [-0.2, -0.15) is 8.78 Å². The molecular formula is C8H5BrF2. The highest BCUT2D eigenvalue weighted by atomic mass is 79.9. The van der Waals surface area contributed by atoms with Gasteiger partial charge in [0.25, 0.3) is 6.08 Å². The molecule has 58 valence electrons. The Labute approximate surface area is 71.7 Å². The van der Waals surface area contributed by atoms with Crippen LogP contribution in [0.5, 0.6) is 0 Å². The minimum Gasteiger partial charge on any atom is -0.172 e. The first-order chi connectivity index (χ1) is 5.22. The summed E-state index contributed by atoms with van der Waals surface area (Å²) in [5.41, 5.74) is 0.493. The second kappa shape index (κ2) is 3.62. The van der Waals surface area contributed by atoms with E-state index >= 15 is 0 Å². The topological polar surface area (TPSA) is 0 Å². The van der Waals surface area contributed by atoms with Gasteiger partial charge in [0.2, 0.25) is 0 Å². The first-order valence-corrected chi connectivity index (χ1v) is 3.77. The van der Waals surface area contributed by atoms with Crippen molar-refractivity contribution in [1.82, 2.24) is 0 Å². The summed E-state index contributed by atoms with van der Waals surface area (Å²) in [6, 6.07) is 8.42. The quantitative estimate of drug-likeness (QED) is 0.676. The van der Waals surface area contributed by atoms with Gasteiger partial charge in [0.05, 0.1) is 4.48 Å². The van der Waals surface area contributed by atoms with Crippen LogP contribution in [0.25, 0.3) is 4.48 Å². The van der Waals surface area contributed by atoms with Gasteiger partial charge in [-0.15, -0.1) is 0 Å². The van der Waals surface area contributed by atoms with Crippen molar-refractivity contribution < 1.29 is 8.78 Å². The van der Waals surface area contributed by atoms with Crippen LogP contribution in [-0.4, -0.2) is 0 Å². The first kappa shape index (κ1) is 8.40. The van der Waals surface area contributed by atoms with E-state index in [1.54, 1.807) is 30.3 Å². The summed E-state index contributed by atoms with van der Waals surface area (Å²) in [5, 5.41) is 0. The zero-order valence-corrected chi connectivity index (χ0v) is 7.11. The molecule has 1 aromatic rings. The van der Waals surface area contributed by atoms with Crippen LogP contribution in [-0.2, 0) is 0 Å². The maximum absolute atomic E-state index is 11.9. The highest BCUT2D eigenvalue weighted by molar-refractivity contribution is 9.15. The van der Waals surface area contributed by atoms with Crippen LogP contribution in [0.4, 0.5) is 8.78 Å². The van der Waals surface area contributed by atoms with Gasteiger partial charge in [-0.3, -0.25) is 0 Å². The summed E-state index contributed by atoms with van der Waals surface area (Å²) >= 11 is 2.78. The zero-order chi connectivity index (χ0) is 8.27. The third-order valence-corrected chi connectivity index (χ3v) is 1.95. The van der Waals surface area contributed by atoms with Crippen molar-refractivity contribution in [1.29, 1.82) is 0 Å². The highest BCUT2D eigenvalue weighted by Crippen LogP contribution is 2.25. The van der Waals surface area contributed by atoms with Gasteiger partial charge < -0.3 is 0 Å². The van der Waals surface area contributed by atoms with E-state index in [1.807, 2.05) is 0 Å². The Hall–Kier alpha value is -0.700. The number of benzene rings is 1. The van der Waals surface area contributed by atoms with Gasteiger partial charge in [0, 0.05) is 0 Å². The van der Waals surface area contributed by atoms with Crippen molar-refractivity contribution in [3.05, 3.63) is 42.0 Å². The Morgan fingerprint density at radius 3 is 2.09 bits per heavy atom. The Bertz CT molecular complexity index is 263. The van der Waals surface area contributed by atoms with Crippen LogP contribution in [0.15, 0.2) is 36.4 Å². The summed E-state index contributed by atoms with van der Waals surface area (Å²) in [6.45, 7) is 0. The van der Waals surface area contributed by atoms with E-state index in [2.05, 4.69) is 15.9 Å². The number of rotatable bonds is 1. The fraction of sp³-hybridized carbons (Fsp3) is 0. The lowest BCUT2D eigenvalue weighted by molar-refractivity contribution is 0.428. The van der Waals surface area contributed by atoms with Gasteiger partial charge in [0.15, 0.2) is 0 Å². The number of hydrogen-bond donors (Lipinski definition) is 0. The highest BCUT2D eigenvalue weighted by Gasteiger charge is 2.02. The number of halogens is 3. The van der Waals surface area contributed by atoms with E-state index in [-0.39, 0.29) is 4.48 Å². The molecule has 0 saturated carbocycles. The van der Waals surface area contributed by atoms with Crippen LogP contribution >= 0.6 is 15.9 Å². The summed E-state index contributed by atoms with van der Waals surface area (Å²) in [6.07, 6.45) is -1.70. The molecule has 0 aliphatic carbocycles. The molecule has 1 aromatic carbocycles. The molecule has 3 heteroatoms. The Balaban J connectivity index is 3.04. The fourth-order valence-corrected chi connectivity index (χ4v) is 0.958.